The standard InChI is InChI=1S/C15H12Br4O2/c16-13(14(17)18)15(19,9-5-1-3-7-11(9)20)10-6-2-4-8-12(10)21/h1-8,13-14,20-21H. The lowest BCUT2D eigenvalue weighted by molar-refractivity contribution is 0.450. The molecule has 0 saturated heterocycles. The summed E-state index contributed by atoms with van der Waals surface area (Å²) in [4.78, 5) is -0.188. The Hall–Kier alpha value is -0.0400. The average molecular weight is 544 g/mol. The van der Waals surface area contributed by atoms with Crippen LogP contribution in [0.2, 0.25) is 0 Å². The number of para-hydroxylation sites is 2. The molecule has 2 aromatic carbocycles. The molecule has 0 spiro atoms. The molecule has 2 aromatic rings. The second-order valence-electron chi connectivity index (χ2n) is 4.48. The van der Waals surface area contributed by atoms with Gasteiger partial charge in [0.05, 0.1) is 12.9 Å². The highest BCUT2D eigenvalue weighted by Gasteiger charge is 2.44. The summed E-state index contributed by atoms with van der Waals surface area (Å²) in [6, 6.07) is 14.1. The molecule has 2 rings (SSSR count). The number of alkyl halides is 4. The van der Waals surface area contributed by atoms with Crippen molar-refractivity contribution in [3.63, 3.8) is 0 Å². The van der Waals surface area contributed by atoms with E-state index in [1.165, 1.54) is 0 Å². The lowest BCUT2D eigenvalue weighted by Crippen LogP contribution is -2.34. The molecule has 0 aliphatic carbocycles. The largest absolute Gasteiger partial charge is 0.508 e. The van der Waals surface area contributed by atoms with Gasteiger partial charge in [-0.3, -0.25) is 0 Å². The number of hydrogen-bond acceptors (Lipinski definition) is 2. The summed E-state index contributed by atoms with van der Waals surface area (Å²) in [5.41, 5.74) is 1.33. The second kappa shape index (κ2) is 7.02. The van der Waals surface area contributed by atoms with E-state index in [9.17, 15) is 10.2 Å². The highest BCUT2D eigenvalue weighted by molar-refractivity contribution is 9.25. The van der Waals surface area contributed by atoms with E-state index in [1.807, 2.05) is 24.3 Å². The molecule has 0 bridgehead atoms. The molecule has 112 valence electrons. The average Bonchev–Trinajstić information content (AvgIpc) is 2.46. The molecular formula is C15H12Br4O2. The predicted octanol–water partition coefficient (Wildman–Crippen LogP) is 5.62. The van der Waals surface area contributed by atoms with Crippen LogP contribution >= 0.6 is 63.7 Å². The van der Waals surface area contributed by atoms with Crippen molar-refractivity contribution in [3.8, 4) is 11.5 Å². The first-order chi connectivity index (χ1) is 9.89. The highest BCUT2D eigenvalue weighted by atomic mass is 79.9. The van der Waals surface area contributed by atoms with Gasteiger partial charge in [0, 0.05) is 11.1 Å². The molecule has 0 aliphatic rings. The minimum Gasteiger partial charge on any atom is -0.508 e. The Bertz CT molecular complexity index is 585. The molecule has 2 nitrogen and oxygen atoms in total. The van der Waals surface area contributed by atoms with Crippen LogP contribution in [0.3, 0.4) is 0 Å². The zero-order valence-corrected chi connectivity index (χ0v) is 17.0. The number of phenolic OH excluding ortho intramolecular Hbond substituents is 2. The number of halogens is 4. The number of phenols is 2. The first kappa shape index (κ1) is 17.3. The maximum Gasteiger partial charge on any atom is 0.120 e. The monoisotopic (exact) mass is 540 g/mol. The molecule has 0 amide bonds. The van der Waals surface area contributed by atoms with Gasteiger partial charge in [0.1, 0.15) is 11.5 Å². The van der Waals surface area contributed by atoms with E-state index >= 15 is 0 Å². The van der Waals surface area contributed by atoms with Crippen LogP contribution in [0, 0.1) is 0 Å². The zero-order chi connectivity index (χ0) is 15.6. The van der Waals surface area contributed by atoms with E-state index in [-0.39, 0.29) is 20.1 Å². The van der Waals surface area contributed by atoms with Gasteiger partial charge in [-0.25, -0.2) is 0 Å². The molecule has 0 saturated carbocycles. The lowest BCUT2D eigenvalue weighted by Gasteiger charge is -2.35. The fourth-order valence-electron chi connectivity index (χ4n) is 2.18. The van der Waals surface area contributed by atoms with E-state index in [4.69, 9.17) is 0 Å². The highest BCUT2D eigenvalue weighted by Crippen LogP contribution is 2.53. The van der Waals surface area contributed by atoms with Gasteiger partial charge in [0.25, 0.3) is 0 Å². The van der Waals surface area contributed by atoms with E-state index in [0.717, 1.165) is 0 Å². The van der Waals surface area contributed by atoms with Crippen molar-refractivity contribution in [1.82, 2.24) is 0 Å². The van der Waals surface area contributed by atoms with Crippen LogP contribution in [-0.4, -0.2) is 18.8 Å². The summed E-state index contributed by atoms with van der Waals surface area (Å²) in [6.45, 7) is 0. The van der Waals surface area contributed by atoms with Crippen molar-refractivity contribution in [3.05, 3.63) is 59.7 Å². The van der Waals surface area contributed by atoms with Crippen molar-refractivity contribution in [2.45, 2.75) is 12.9 Å². The Morgan fingerprint density at radius 1 is 0.762 bits per heavy atom. The number of hydrogen-bond donors (Lipinski definition) is 2. The quantitative estimate of drug-likeness (QED) is 0.492. The summed E-state index contributed by atoms with van der Waals surface area (Å²) >= 11 is 14.4. The third-order valence-electron chi connectivity index (χ3n) is 3.19. The van der Waals surface area contributed by atoms with Gasteiger partial charge in [-0.2, -0.15) is 0 Å². The first-order valence-corrected chi connectivity index (χ1v) is 9.61. The topological polar surface area (TPSA) is 40.5 Å². The van der Waals surface area contributed by atoms with Crippen molar-refractivity contribution in [2.75, 3.05) is 0 Å². The van der Waals surface area contributed by atoms with Gasteiger partial charge in [0.2, 0.25) is 0 Å². The van der Waals surface area contributed by atoms with E-state index in [1.54, 1.807) is 24.3 Å². The number of aromatic hydroxyl groups is 2. The fourth-order valence-corrected chi connectivity index (χ4v) is 5.11. The maximum absolute atomic E-state index is 10.3. The third kappa shape index (κ3) is 3.33. The Labute approximate surface area is 157 Å². The van der Waals surface area contributed by atoms with Crippen molar-refractivity contribution in [2.24, 2.45) is 0 Å². The number of rotatable bonds is 4. The molecular weight excluding hydrogens is 532 g/mol. The number of benzene rings is 2. The lowest BCUT2D eigenvalue weighted by atomic mass is 9.87. The fraction of sp³-hybridized carbons (Fsp3) is 0.200. The van der Waals surface area contributed by atoms with Crippen LogP contribution in [0.15, 0.2) is 48.5 Å². The summed E-state index contributed by atoms with van der Waals surface area (Å²) in [5, 5.41) is 20.5. The van der Waals surface area contributed by atoms with Gasteiger partial charge in [0.15, 0.2) is 0 Å². The van der Waals surface area contributed by atoms with Gasteiger partial charge in [-0.1, -0.05) is 100 Å². The van der Waals surface area contributed by atoms with Gasteiger partial charge < -0.3 is 10.2 Å². The normalized spacial score (nSPS) is 13.4. The Morgan fingerprint density at radius 3 is 1.48 bits per heavy atom. The molecule has 0 aliphatic heterocycles. The minimum atomic E-state index is -0.818. The van der Waals surface area contributed by atoms with Crippen LogP contribution in [0.4, 0.5) is 0 Å². The summed E-state index contributed by atoms with van der Waals surface area (Å²) in [7, 11) is 0. The molecule has 0 fully saturated rings. The molecule has 1 unspecified atom stereocenters. The van der Waals surface area contributed by atoms with Crippen molar-refractivity contribution < 1.29 is 10.2 Å². The SMILES string of the molecule is Oc1ccccc1C(Br)(c1ccccc1O)C(Br)C(Br)Br. The molecule has 0 aromatic heterocycles. The minimum absolute atomic E-state index is 0.0939. The first-order valence-electron chi connectivity index (χ1n) is 6.07. The molecule has 21 heavy (non-hydrogen) atoms. The molecule has 0 radical (unpaired) electrons. The van der Waals surface area contributed by atoms with E-state index in [2.05, 4.69) is 63.7 Å². The maximum atomic E-state index is 10.3. The van der Waals surface area contributed by atoms with Crippen LogP contribution < -0.4 is 0 Å². The van der Waals surface area contributed by atoms with Crippen molar-refractivity contribution >= 4 is 63.7 Å². The zero-order valence-electron chi connectivity index (χ0n) is 10.7. The molecule has 2 N–H and O–H groups in total. The van der Waals surface area contributed by atoms with Gasteiger partial charge >= 0.3 is 0 Å². The van der Waals surface area contributed by atoms with Crippen LogP contribution in [-0.2, 0) is 4.32 Å². The molecule has 1 atom stereocenters. The van der Waals surface area contributed by atoms with Crippen LogP contribution in [0.25, 0.3) is 0 Å². The van der Waals surface area contributed by atoms with E-state index < -0.39 is 4.32 Å². The second-order valence-corrected chi connectivity index (χ2v) is 9.92. The molecule has 0 heterocycles. The Balaban J connectivity index is 2.72. The Kier molecular flexibility index (Phi) is 5.79. The van der Waals surface area contributed by atoms with Crippen LogP contribution in [0.5, 0.6) is 11.5 Å². The third-order valence-corrected chi connectivity index (χ3v) is 8.85. The smallest absolute Gasteiger partial charge is 0.120 e. The van der Waals surface area contributed by atoms with Gasteiger partial charge in [-0.05, 0) is 12.1 Å². The summed E-state index contributed by atoms with van der Waals surface area (Å²) in [5.74, 6) is 0.311. The van der Waals surface area contributed by atoms with Crippen LogP contribution in [0.1, 0.15) is 11.1 Å². The van der Waals surface area contributed by atoms with Crippen molar-refractivity contribution in [1.29, 1.82) is 0 Å². The Morgan fingerprint density at radius 2 is 1.14 bits per heavy atom. The van der Waals surface area contributed by atoms with E-state index in [0.29, 0.717) is 11.1 Å². The summed E-state index contributed by atoms with van der Waals surface area (Å²) in [6.07, 6.45) is 0. The summed E-state index contributed by atoms with van der Waals surface area (Å²) < 4.78 is -0.912. The predicted molar refractivity (Wildman–Crippen MR) is 100 cm³/mol. The molecule has 6 heteroatoms. The van der Waals surface area contributed by atoms with Gasteiger partial charge in [-0.15, -0.1) is 0 Å².